The van der Waals surface area contributed by atoms with Gasteiger partial charge in [0.15, 0.2) is 0 Å². The molecule has 0 radical (unpaired) electrons. The topological polar surface area (TPSA) is 126 Å². The minimum atomic E-state index is -0.591. The molecule has 0 unspecified atom stereocenters. The van der Waals surface area contributed by atoms with Gasteiger partial charge in [0, 0.05) is 43.5 Å². The van der Waals surface area contributed by atoms with Gasteiger partial charge in [-0.3, -0.25) is 19.9 Å². The first-order valence-electron chi connectivity index (χ1n) is 13.8. The molecule has 222 valence electrons. The number of carbonyl (C=O) groups is 3. The quantitative estimate of drug-likeness (QED) is 0.206. The fourth-order valence-corrected chi connectivity index (χ4v) is 4.13. The highest BCUT2D eigenvalue weighted by atomic mass is 16.6. The van der Waals surface area contributed by atoms with Crippen LogP contribution in [0.3, 0.4) is 0 Å². The van der Waals surface area contributed by atoms with Crippen molar-refractivity contribution in [2.24, 2.45) is 0 Å². The average Bonchev–Trinajstić information content (AvgIpc) is 2.95. The summed E-state index contributed by atoms with van der Waals surface area (Å²) < 4.78 is 5.29. The summed E-state index contributed by atoms with van der Waals surface area (Å²) in [4.78, 5) is 47.1. The Kier molecular flexibility index (Phi) is 9.72. The molecule has 3 amide bonds. The van der Waals surface area contributed by atoms with Gasteiger partial charge in [-0.25, -0.2) is 9.78 Å². The van der Waals surface area contributed by atoms with Gasteiger partial charge >= 0.3 is 6.09 Å². The zero-order valence-corrected chi connectivity index (χ0v) is 25.0. The van der Waals surface area contributed by atoms with E-state index in [1.54, 1.807) is 82.6 Å². The highest BCUT2D eigenvalue weighted by molar-refractivity contribution is 5.94. The Morgan fingerprint density at radius 2 is 1.53 bits per heavy atom. The molecule has 0 atom stereocenters. The summed E-state index contributed by atoms with van der Waals surface area (Å²) in [6.45, 7) is 5.41. The van der Waals surface area contributed by atoms with E-state index >= 15 is 0 Å². The zero-order valence-electron chi connectivity index (χ0n) is 25.0. The second-order valence-electron chi connectivity index (χ2n) is 11.2. The number of anilines is 4. The number of rotatable bonds is 9. The van der Waals surface area contributed by atoms with Crippen molar-refractivity contribution in [1.29, 1.82) is 0 Å². The number of aryl methyl sites for hydroxylation is 1. The van der Waals surface area contributed by atoms with E-state index in [1.165, 1.54) is 0 Å². The number of nitrogens with one attached hydrogen (secondary N) is 3. The van der Waals surface area contributed by atoms with Crippen LogP contribution in [0.25, 0.3) is 11.1 Å². The molecule has 2 aromatic heterocycles. The summed E-state index contributed by atoms with van der Waals surface area (Å²) in [6, 6.07) is 20.3. The molecule has 3 N–H and O–H groups in total. The Morgan fingerprint density at radius 1 is 0.814 bits per heavy atom. The molecule has 0 aliphatic heterocycles. The van der Waals surface area contributed by atoms with E-state index in [2.05, 4.69) is 25.9 Å². The van der Waals surface area contributed by atoms with Crippen LogP contribution < -0.4 is 16.0 Å². The molecule has 2 aromatic carbocycles. The van der Waals surface area contributed by atoms with E-state index in [0.29, 0.717) is 34.9 Å². The Bertz CT molecular complexity index is 1580. The molecule has 0 bridgehead atoms. The van der Waals surface area contributed by atoms with Gasteiger partial charge in [-0.1, -0.05) is 24.3 Å². The standard InChI is InChI=1S/C33H36N6O4/c1-33(2,3)43-32(42)38-26-8-6-7-22(17-26)9-16-30(40)37-28-18-27(20-34-21-28)36-29-15-14-25(19-35-29)23-10-12-24(13-11-23)31(41)39(4)5/h6-8,10-15,17-21H,9,16H2,1-5H3,(H,35,36)(H,37,40)(H,38,42). The van der Waals surface area contributed by atoms with Gasteiger partial charge in [0.2, 0.25) is 5.91 Å². The van der Waals surface area contributed by atoms with Gasteiger partial charge in [0.05, 0.1) is 23.8 Å². The Balaban J connectivity index is 1.30. The van der Waals surface area contributed by atoms with Crippen molar-refractivity contribution in [1.82, 2.24) is 14.9 Å². The molecule has 2 heterocycles. The highest BCUT2D eigenvalue weighted by Gasteiger charge is 2.16. The van der Waals surface area contributed by atoms with Crippen molar-refractivity contribution in [2.45, 2.75) is 39.2 Å². The van der Waals surface area contributed by atoms with Crippen LogP contribution in [0.5, 0.6) is 0 Å². The molecule has 43 heavy (non-hydrogen) atoms. The van der Waals surface area contributed by atoms with E-state index in [9.17, 15) is 14.4 Å². The number of benzene rings is 2. The lowest BCUT2D eigenvalue weighted by Gasteiger charge is -2.19. The summed E-state index contributed by atoms with van der Waals surface area (Å²) in [5.41, 5.74) is 4.64. The third kappa shape index (κ3) is 9.39. The largest absolute Gasteiger partial charge is 0.444 e. The Morgan fingerprint density at radius 3 is 2.21 bits per heavy atom. The molecule has 10 heteroatoms. The first-order chi connectivity index (χ1) is 20.4. The van der Waals surface area contributed by atoms with Crippen molar-refractivity contribution in [3.63, 3.8) is 0 Å². The van der Waals surface area contributed by atoms with Crippen LogP contribution in [0.1, 0.15) is 43.1 Å². The SMILES string of the molecule is CN(C)C(=O)c1ccc(-c2ccc(Nc3cncc(NC(=O)CCc4cccc(NC(=O)OC(C)(C)C)c4)c3)nc2)cc1. The molecule has 0 saturated carbocycles. The molecule has 10 nitrogen and oxygen atoms in total. The predicted molar refractivity (Wildman–Crippen MR) is 168 cm³/mol. The molecule has 0 spiro atoms. The predicted octanol–water partition coefficient (Wildman–Crippen LogP) is 6.51. The lowest BCUT2D eigenvalue weighted by molar-refractivity contribution is -0.116. The molecule has 4 aromatic rings. The first-order valence-corrected chi connectivity index (χ1v) is 13.8. The highest BCUT2D eigenvalue weighted by Crippen LogP contribution is 2.23. The fraction of sp³-hybridized carbons (Fsp3) is 0.242. The number of carbonyl (C=O) groups excluding carboxylic acids is 3. The Hall–Kier alpha value is -5.25. The first kappa shape index (κ1) is 30.7. The number of amides is 3. The minimum absolute atomic E-state index is 0.0456. The second kappa shape index (κ2) is 13.6. The fourth-order valence-electron chi connectivity index (χ4n) is 4.13. The molecular formula is C33H36N6O4. The van der Waals surface area contributed by atoms with Crippen molar-refractivity contribution in [3.8, 4) is 11.1 Å². The maximum Gasteiger partial charge on any atom is 0.412 e. The van der Waals surface area contributed by atoms with Gasteiger partial charge in [0.25, 0.3) is 5.91 Å². The number of pyridine rings is 2. The molecule has 0 fully saturated rings. The maximum atomic E-state index is 12.7. The average molecular weight is 581 g/mol. The lowest BCUT2D eigenvalue weighted by atomic mass is 10.1. The number of nitrogens with zero attached hydrogens (tertiary/aromatic N) is 3. The van der Waals surface area contributed by atoms with Crippen molar-refractivity contribution in [3.05, 3.63) is 96.4 Å². The van der Waals surface area contributed by atoms with Crippen LogP contribution in [0, 0.1) is 0 Å². The summed E-state index contributed by atoms with van der Waals surface area (Å²) in [7, 11) is 3.45. The van der Waals surface area contributed by atoms with E-state index in [4.69, 9.17) is 4.74 Å². The third-order valence-corrected chi connectivity index (χ3v) is 6.14. The molecule has 0 saturated heterocycles. The van der Waals surface area contributed by atoms with Crippen LogP contribution in [-0.2, 0) is 16.0 Å². The van der Waals surface area contributed by atoms with Gasteiger partial charge < -0.3 is 20.3 Å². The lowest BCUT2D eigenvalue weighted by Crippen LogP contribution is -2.27. The number of ether oxygens (including phenoxy) is 1. The van der Waals surface area contributed by atoms with Crippen LogP contribution in [0.15, 0.2) is 85.3 Å². The van der Waals surface area contributed by atoms with Crippen molar-refractivity contribution >= 4 is 40.8 Å². The summed E-state index contributed by atoms with van der Waals surface area (Å²) in [5.74, 6) is 0.411. The molecular weight excluding hydrogens is 544 g/mol. The van der Waals surface area contributed by atoms with Crippen molar-refractivity contribution < 1.29 is 19.1 Å². The van der Waals surface area contributed by atoms with E-state index < -0.39 is 11.7 Å². The Labute approximate surface area is 251 Å². The smallest absolute Gasteiger partial charge is 0.412 e. The van der Waals surface area contributed by atoms with Crippen LogP contribution in [0.2, 0.25) is 0 Å². The zero-order chi connectivity index (χ0) is 31.0. The van der Waals surface area contributed by atoms with Gasteiger partial charge in [-0.2, -0.15) is 0 Å². The summed E-state index contributed by atoms with van der Waals surface area (Å²) >= 11 is 0. The van der Waals surface area contributed by atoms with E-state index in [1.807, 2.05) is 42.5 Å². The monoisotopic (exact) mass is 580 g/mol. The second-order valence-corrected chi connectivity index (χ2v) is 11.2. The summed E-state index contributed by atoms with van der Waals surface area (Å²) in [5, 5.41) is 8.81. The van der Waals surface area contributed by atoms with Crippen molar-refractivity contribution in [2.75, 3.05) is 30.0 Å². The molecule has 0 aliphatic rings. The number of aromatic nitrogens is 2. The molecule has 0 aliphatic carbocycles. The van der Waals surface area contributed by atoms with E-state index in [-0.39, 0.29) is 18.2 Å². The number of hydrogen-bond donors (Lipinski definition) is 3. The maximum absolute atomic E-state index is 12.7. The summed E-state index contributed by atoms with van der Waals surface area (Å²) in [6.07, 6.45) is 5.19. The van der Waals surface area contributed by atoms with Gasteiger partial charge in [-0.05, 0) is 80.8 Å². The van der Waals surface area contributed by atoms with Crippen LogP contribution >= 0.6 is 0 Å². The van der Waals surface area contributed by atoms with Gasteiger partial charge in [-0.15, -0.1) is 0 Å². The van der Waals surface area contributed by atoms with Crippen LogP contribution in [-0.4, -0.2) is 52.5 Å². The number of hydrogen-bond acceptors (Lipinski definition) is 7. The minimum Gasteiger partial charge on any atom is -0.444 e. The third-order valence-electron chi connectivity index (χ3n) is 6.14. The van der Waals surface area contributed by atoms with Crippen LogP contribution in [0.4, 0.5) is 27.7 Å². The normalized spacial score (nSPS) is 10.9. The van der Waals surface area contributed by atoms with E-state index in [0.717, 1.165) is 16.7 Å². The van der Waals surface area contributed by atoms with Gasteiger partial charge in [0.1, 0.15) is 11.4 Å². The molecule has 4 rings (SSSR count).